The van der Waals surface area contributed by atoms with E-state index in [-0.39, 0.29) is 28.6 Å². The van der Waals surface area contributed by atoms with E-state index in [9.17, 15) is 10.2 Å². The van der Waals surface area contributed by atoms with E-state index in [0.717, 1.165) is 0 Å². The molecule has 7 heteroatoms. The molecule has 0 aliphatic heterocycles. The summed E-state index contributed by atoms with van der Waals surface area (Å²) >= 11 is 11.6. The molecule has 0 fully saturated rings. The largest absolute Gasteiger partial charge is 2.00 e. The summed E-state index contributed by atoms with van der Waals surface area (Å²) in [4.78, 5) is 8.23. The predicted molar refractivity (Wildman–Crippen MR) is 86.7 cm³/mol. The normalized spacial score (nSPS) is 11.0. The predicted octanol–water partition coefficient (Wildman–Crippen LogP) is 2.68. The standard InChI is InChI=1S/C16H14Cl2N2O2.Mn/c17-13-1-3-15(21)11(7-13)9-19-5-6-20-10-12-8-14(18)2-4-16(12)22;/h1-4,7-10,21-22H,5-6H2;/q;+2/p-2. The second-order valence-electron chi connectivity index (χ2n) is 4.43. The molecule has 0 saturated carbocycles. The van der Waals surface area contributed by atoms with Crippen molar-refractivity contribution in [2.45, 2.75) is 0 Å². The maximum atomic E-state index is 11.5. The molecular formula is C16H12Cl2MnN2O2. The van der Waals surface area contributed by atoms with E-state index in [1.165, 1.54) is 36.7 Å². The minimum absolute atomic E-state index is 0. The van der Waals surface area contributed by atoms with E-state index in [0.29, 0.717) is 34.3 Å². The van der Waals surface area contributed by atoms with Crippen molar-refractivity contribution in [3.05, 3.63) is 57.6 Å². The zero-order valence-corrected chi connectivity index (χ0v) is 14.6. The van der Waals surface area contributed by atoms with E-state index in [4.69, 9.17) is 23.2 Å². The maximum absolute atomic E-state index is 11.5. The van der Waals surface area contributed by atoms with Crippen LogP contribution >= 0.6 is 23.2 Å². The van der Waals surface area contributed by atoms with E-state index in [1.807, 2.05) is 0 Å². The zero-order chi connectivity index (χ0) is 15.9. The van der Waals surface area contributed by atoms with E-state index < -0.39 is 0 Å². The first-order chi connectivity index (χ1) is 10.6. The van der Waals surface area contributed by atoms with Gasteiger partial charge in [-0.3, -0.25) is 9.98 Å². The average Bonchev–Trinajstić information content (AvgIpc) is 2.49. The number of benzene rings is 2. The Morgan fingerprint density at radius 3 is 1.57 bits per heavy atom. The van der Waals surface area contributed by atoms with Crippen molar-refractivity contribution >= 4 is 35.6 Å². The van der Waals surface area contributed by atoms with Gasteiger partial charge in [0.05, 0.1) is 13.1 Å². The number of aliphatic imine (C=N–C) groups is 2. The molecule has 0 heterocycles. The number of halogens is 2. The van der Waals surface area contributed by atoms with Gasteiger partial charge in [-0.2, -0.15) is 0 Å². The Labute approximate surface area is 155 Å². The Balaban J connectivity index is 0.00000264. The van der Waals surface area contributed by atoms with Crippen molar-refractivity contribution in [3.8, 4) is 11.5 Å². The van der Waals surface area contributed by atoms with E-state index in [1.54, 1.807) is 12.1 Å². The van der Waals surface area contributed by atoms with Gasteiger partial charge in [-0.05, 0) is 35.4 Å². The summed E-state index contributed by atoms with van der Waals surface area (Å²) in [5.41, 5.74) is 0.876. The maximum Gasteiger partial charge on any atom is 2.00 e. The van der Waals surface area contributed by atoms with E-state index >= 15 is 0 Å². The fourth-order valence-electron chi connectivity index (χ4n) is 1.68. The van der Waals surface area contributed by atoms with Gasteiger partial charge in [0.1, 0.15) is 0 Å². The minimum Gasteiger partial charge on any atom is -0.872 e. The minimum atomic E-state index is -0.133. The molecule has 0 saturated heterocycles. The van der Waals surface area contributed by atoms with Gasteiger partial charge in [0, 0.05) is 22.5 Å². The summed E-state index contributed by atoms with van der Waals surface area (Å²) in [5, 5.41) is 24.0. The molecule has 1 radical (unpaired) electrons. The van der Waals surface area contributed by atoms with Crippen LogP contribution in [0.5, 0.6) is 11.5 Å². The molecule has 23 heavy (non-hydrogen) atoms. The van der Waals surface area contributed by atoms with Crippen LogP contribution in [-0.2, 0) is 17.1 Å². The number of hydrogen-bond acceptors (Lipinski definition) is 4. The van der Waals surface area contributed by atoms with Crippen LogP contribution in [-0.4, -0.2) is 25.5 Å². The van der Waals surface area contributed by atoms with Gasteiger partial charge in [-0.15, -0.1) is 0 Å². The summed E-state index contributed by atoms with van der Waals surface area (Å²) in [6, 6.07) is 9.00. The van der Waals surface area contributed by atoms with Crippen LogP contribution in [0.25, 0.3) is 0 Å². The first-order valence-electron chi connectivity index (χ1n) is 6.49. The van der Waals surface area contributed by atoms with Crippen molar-refractivity contribution in [2.75, 3.05) is 13.1 Å². The molecule has 119 valence electrons. The zero-order valence-electron chi connectivity index (χ0n) is 11.9. The Morgan fingerprint density at radius 1 is 0.783 bits per heavy atom. The Bertz CT molecular complexity index is 660. The summed E-state index contributed by atoms with van der Waals surface area (Å²) in [5.74, 6) is -0.266. The van der Waals surface area contributed by atoms with Crippen molar-refractivity contribution in [2.24, 2.45) is 9.98 Å². The molecule has 0 atom stereocenters. The molecule has 0 amide bonds. The third-order valence-electron chi connectivity index (χ3n) is 2.76. The Hall–Kier alpha value is -1.52. The molecule has 2 aromatic rings. The number of nitrogens with zero attached hydrogens (tertiary/aromatic N) is 2. The molecule has 2 rings (SSSR count). The topological polar surface area (TPSA) is 70.8 Å². The second-order valence-corrected chi connectivity index (χ2v) is 5.31. The third-order valence-corrected chi connectivity index (χ3v) is 3.23. The van der Waals surface area contributed by atoms with Gasteiger partial charge in [-0.25, -0.2) is 0 Å². The molecule has 0 spiro atoms. The molecule has 0 N–H and O–H groups in total. The summed E-state index contributed by atoms with van der Waals surface area (Å²) in [7, 11) is 0. The van der Waals surface area contributed by atoms with Gasteiger partial charge in [0.25, 0.3) is 0 Å². The second kappa shape index (κ2) is 9.58. The van der Waals surface area contributed by atoms with Crippen LogP contribution in [0.15, 0.2) is 46.4 Å². The molecule has 0 unspecified atom stereocenters. The molecule has 0 aromatic heterocycles. The van der Waals surface area contributed by atoms with Crippen LogP contribution in [0.2, 0.25) is 10.0 Å². The molecule has 4 nitrogen and oxygen atoms in total. The van der Waals surface area contributed by atoms with Crippen molar-refractivity contribution in [1.82, 2.24) is 0 Å². The number of hydrogen-bond donors (Lipinski definition) is 0. The molecule has 0 aliphatic rings. The van der Waals surface area contributed by atoms with Gasteiger partial charge in [0.2, 0.25) is 0 Å². The molecule has 2 aromatic carbocycles. The van der Waals surface area contributed by atoms with Crippen LogP contribution in [0, 0.1) is 0 Å². The third kappa shape index (κ3) is 6.24. The van der Waals surface area contributed by atoms with Gasteiger partial charge >= 0.3 is 17.1 Å². The SMILES string of the molecule is [Mn+2].[O-]c1ccc(Cl)cc1C=NCCN=Cc1cc(Cl)ccc1[O-]. The van der Waals surface area contributed by atoms with Crippen LogP contribution in [0.1, 0.15) is 11.1 Å². The summed E-state index contributed by atoms with van der Waals surface area (Å²) in [6.45, 7) is 0.800. The van der Waals surface area contributed by atoms with Crippen molar-refractivity contribution in [1.29, 1.82) is 0 Å². The fourth-order valence-corrected chi connectivity index (χ4v) is 2.04. The van der Waals surface area contributed by atoms with Gasteiger partial charge in [0.15, 0.2) is 0 Å². The first-order valence-corrected chi connectivity index (χ1v) is 7.24. The Kier molecular flexibility index (Phi) is 8.13. The van der Waals surface area contributed by atoms with Crippen molar-refractivity contribution < 1.29 is 27.3 Å². The molecule has 0 aliphatic carbocycles. The van der Waals surface area contributed by atoms with Gasteiger partial charge in [-0.1, -0.05) is 46.8 Å². The van der Waals surface area contributed by atoms with Crippen molar-refractivity contribution in [3.63, 3.8) is 0 Å². The average molecular weight is 390 g/mol. The Morgan fingerprint density at radius 2 is 1.17 bits per heavy atom. The van der Waals surface area contributed by atoms with Crippen LogP contribution in [0.4, 0.5) is 0 Å². The van der Waals surface area contributed by atoms with Crippen LogP contribution in [0.3, 0.4) is 0 Å². The monoisotopic (exact) mass is 389 g/mol. The van der Waals surface area contributed by atoms with Crippen LogP contribution < -0.4 is 10.2 Å². The van der Waals surface area contributed by atoms with Gasteiger partial charge < -0.3 is 10.2 Å². The summed E-state index contributed by atoms with van der Waals surface area (Å²) in [6.07, 6.45) is 2.95. The number of rotatable bonds is 5. The molecular weight excluding hydrogens is 378 g/mol. The quantitative estimate of drug-likeness (QED) is 0.448. The first kappa shape index (κ1) is 19.5. The molecule has 0 bridgehead atoms. The van der Waals surface area contributed by atoms with E-state index in [2.05, 4.69) is 9.98 Å². The summed E-state index contributed by atoms with van der Waals surface area (Å²) < 4.78 is 0. The fraction of sp³-hybridized carbons (Fsp3) is 0.125. The smallest absolute Gasteiger partial charge is 0.872 e.